The number of carbonyl (C=O) groups is 4. The summed E-state index contributed by atoms with van der Waals surface area (Å²) in [5, 5.41) is 18.1. The third-order valence-electron chi connectivity index (χ3n) is 5.61. The Morgan fingerprint density at radius 3 is 2.45 bits per heavy atom. The summed E-state index contributed by atoms with van der Waals surface area (Å²) >= 11 is 0.944. The van der Waals surface area contributed by atoms with Crippen LogP contribution >= 0.6 is 11.8 Å². The van der Waals surface area contributed by atoms with Gasteiger partial charge in [0.05, 0.1) is 27.8 Å². The lowest BCUT2D eigenvalue weighted by Crippen LogP contribution is -2.39. The standard InChI is InChI=1S/C21H14N2O7S/c22-17-15-13(11-6-5-10(24)7-12(11)30-21(15)29)14-16(31-17)19(26)23(18(14)25)9-3-1-8(2-4-9)20(27)28/h1-7,13-14,16,24H,22H2,(H,27,28). The van der Waals surface area contributed by atoms with Crippen LogP contribution in [0.5, 0.6) is 11.5 Å². The van der Waals surface area contributed by atoms with Gasteiger partial charge in [-0.2, -0.15) is 0 Å². The van der Waals surface area contributed by atoms with E-state index in [0.717, 1.165) is 16.7 Å². The lowest BCUT2D eigenvalue weighted by Gasteiger charge is -2.36. The van der Waals surface area contributed by atoms with Gasteiger partial charge in [-0.05, 0) is 30.3 Å². The molecule has 156 valence electrons. The normalized spacial score (nSPS) is 24.5. The maximum Gasteiger partial charge on any atom is 0.342 e. The van der Waals surface area contributed by atoms with Crippen molar-refractivity contribution in [2.24, 2.45) is 11.7 Å². The van der Waals surface area contributed by atoms with Crippen molar-refractivity contribution in [2.75, 3.05) is 4.90 Å². The molecule has 1 saturated heterocycles. The number of phenols is 1. The number of nitrogens with two attached hydrogens (primary N) is 1. The van der Waals surface area contributed by atoms with Gasteiger partial charge >= 0.3 is 11.9 Å². The topological polar surface area (TPSA) is 147 Å². The zero-order chi connectivity index (χ0) is 22.0. The second-order valence-corrected chi connectivity index (χ2v) is 8.48. The molecule has 9 nitrogen and oxygen atoms in total. The van der Waals surface area contributed by atoms with Crippen molar-refractivity contribution in [1.82, 2.24) is 0 Å². The summed E-state index contributed by atoms with van der Waals surface area (Å²) in [4.78, 5) is 51.3. The number of benzene rings is 2. The number of rotatable bonds is 2. The summed E-state index contributed by atoms with van der Waals surface area (Å²) in [7, 11) is 0. The molecule has 3 heterocycles. The largest absolute Gasteiger partial charge is 0.508 e. The number of aromatic hydroxyl groups is 1. The van der Waals surface area contributed by atoms with E-state index >= 15 is 0 Å². The van der Waals surface area contributed by atoms with Crippen LogP contribution < -0.4 is 15.4 Å². The summed E-state index contributed by atoms with van der Waals surface area (Å²) < 4.78 is 5.29. The fourth-order valence-corrected chi connectivity index (χ4v) is 5.49. The number of hydrogen-bond acceptors (Lipinski definition) is 8. The Kier molecular flexibility index (Phi) is 4.09. The molecule has 3 aliphatic heterocycles. The highest BCUT2D eigenvalue weighted by molar-refractivity contribution is 8.04. The minimum absolute atomic E-state index is 0.0200. The maximum atomic E-state index is 13.4. The zero-order valence-corrected chi connectivity index (χ0v) is 16.5. The first-order valence-electron chi connectivity index (χ1n) is 9.20. The smallest absolute Gasteiger partial charge is 0.342 e. The predicted octanol–water partition coefficient (Wildman–Crippen LogP) is 1.57. The number of carboxylic acid groups (broad SMARTS) is 1. The van der Waals surface area contributed by atoms with E-state index in [2.05, 4.69) is 0 Å². The first-order chi connectivity index (χ1) is 14.8. The molecule has 3 aliphatic rings. The number of hydrogen-bond donors (Lipinski definition) is 3. The molecule has 4 N–H and O–H groups in total. The molecule has 0 radical (unpaired) electrons. The molecule has 1 fully saturated rings. The van der Waals surface area contributed by atoms with Crippen LogP contribution in [-0.2, 0) is 14.4 Å². The Balaban J connectivity index is 1.61. The molecule has 0 aliphatic carbocycles. The highest BCUT2D eigenvalue weighted by Crippen LogP contribution is 2.54. The van der Waals surface area contributed by atoms with E-state index in [1.165, 1.54) is 36.4 Å². The summed E-state index contributed by atoms with van der Waals surface area (Å²) in [6, 6.07) is 9.62. The Hall–Kier alpha value is -3.79. The van der Waals surface area contributed by atoms with Crippen molar-refractivity contribution in [1.29, 1.82) is 0 Å². The van der Waals surface area contributed by atoms with Crippen molar-refractivity contribution in [3.05, 3.63) is 64.2 Å². The summed E-state index contributed by atoms with van der Waals surface area (Å²) in [5.41, 5.74) is 6.97. The fourth-order valence-electron chi connectivity index (χ4n) is 4.25. The summed E-state index contributed by atoms with van der Waals surface area (Å²) in [6.07, 6.45) is 0. The number of fused-ring (bicyclic) bond motifs is 5. The fraction of sp³-hybridized carbons (Fsp3) is 0.143. The number of phenolic OH excluding ortho intramolecular Hbond substituents is 1. The van der Waals surface area contributed by atoms with Gasteiger partial charge in [-0.15, -0.1) is 0 Å². The molecular weight excluding hydrogens is 424 g/mol. The van der Waals surface area contributed by atoms with E-state index in [-0.39, 0.29) is 33.4 Å². The number of esters is 1. The number of thioether (sulfide) groups is 1. The van der Waals surface area contributed by atoms with E-state index in [1.54, 1.807) is 6.07 Å². The van der Waals surface area contributed by atoms with Crippen LogP contribution in [0, 0.1) is 5.92 Å². The van der Waals surface area contributed by atoms with Gasteiger partial charge in [0.2, 0.25) is 11.8 Å². The second kappa shape index (κ2) is 6.61. The SMILES string of the molecule is NC1=C2C(=O)Oc3cc(O)ccc3C2C2C(=O)N(c3ccc(C(=O)O)cc3)C(=O)C2S1. The lowest BCUT2D eigenvalue weighted by atomic mass is 9.77. The van der Waals surface area contributed by atoms with Gasteiger partial charge in [0.15, 0.2) is 0 Å². The number of carboxylic acids is 1. The number of imide groups is 1. The molecule has 0 spiro atoms. The number of aromatic carboxylic acids is 1. The molecule has 2 amide bonds. The number of anilines is 1. The van der Waals surface area contributed by atoms with Crippen molar-refractivity contribution in [3.63, 3.8) is 0 Å². The predicted molar refractivity (Wildman–Crippen MR) is 108 cm³/mol. The van der Waals surface area contributed by atoms with Crippen molar-refractivity contribution in [3.8, 4) is 11.5 Å². The quantitative estimate of drug-likeness (QED) is 0.361. The third kappa shape index (κ3) is 2.72. The van der Waals surface area contributed by atoms with E-state index in [1.807, 2.05) is 0 Å². The average Bonchev–Trinajstić information content (AvgIpc) is 2.97. The molecule has 10 heteroatoms. The molecule has 31 heavy (non-hydrogen) atoms. The minimum atomic E-state index is -1.13. The molecule has 2 aromatic rings. The van der Waals surface area contributed by atoms with E-state index in [0.29, 0.717) is 5.56 Å². The number of ether oxygens (including phenoxy) is 1. The van der Waals surface area contributed by atoms with Gasteiger partial charge in [-0.3, -0.25) is 9.59 Å². The van der Waals surface area contributed by atoms with Crippen LogP contribution in [0.15, 0.2) is 53.1 Å². The maximum absolute atomic E-state index is 13.4. The first-order valence-corrected chi connectivity index (χ1v) is 10.1. The first kappa shape index (κ1) is 19.2. The highest BCUT2D eigenvalue weighted by atomic mass is 32.2. The molecule has 3 unspecified atom stereocenters. The van der Waals surface area contributed by atoms with Crippen molar-refractivity contribution in [2.45, 2.75) is 11.2 Å². The van der Waals surface area contributed by atoms with Gasteiger partial charge in [-0.1, -0.05) is 17.8 Å². The zero-order valence-electron chi connectivity index (χ0n) is 15.6. The third-order valence-corrected chi connectivity index (χ3v) is 6.83. The number of amides is 2. The number of carbonyl (C=O) groups excluding carboxylic acids is 3. The second-order valence-electron chi connectivity index (χ2n) is 7.30. The Morgan fingerprint density at radius 1 is 1.06 bits per heavy atom. The molecule has 2 aromatic carbocycles. The van der Waals surface area contributed by atoms with Crippen LogP contribution in [0.25, 0.3) is 0 Å². The van der Waals surface area contributed by atoms with Crippen LogP contribution in [0.1, 0.15) is 21.8 Å². The molecule has 3 atom stereocenters. The van der Waals surface area contributed by atoms with E-state index in [4.69, 9.17) is 15.6 Å². The Morgan fingerprint density at radius 2 is 1.77 bits per heavy atom. The number of nitrogens with zero attached hydrogens (tertiary/aromatic N) is 1. The van der Waals surface area contributed by atoms with Gasteiger partial charge < -0.3 is 20.7 Å². The molecular formula is C21H14N2O7S. The molecule has 0 saturated carbocycles. The van der Waals surface area contributed by atoms with Crippen molar-refractivity contribution >= 4 is 41.2 Å². The summed E-state index contributed by atoms with van der Waals surface area (Å²) in [6.45, 7) is 0. The van der Waals surface area contributed by atoms with Gasteiger partial charge in [0.25, 0.3) is 0 Å². The van der Waals surface area contributed by atoms with Crippen molar-refractivity contribution < 1.29 is 34.1 Å². The van der Waals surface area contributed by atoms with Crippen LogP contribution in [0.4, 0.5) is 5.69 Å². The molecule has 5 rings (SSSR count). The van der Waals surface area contributed by atoms with Gasteiger partial charge in [0, 0.05) is 17.5 Å². The minimum Gasteiger partial charge on any atom is -0.508 e. The monoisotopic (exact) mass is 438 g/mol. The van der Waals surface area contributed by atoms with E-state index in [9.17, 15) is 24.3 Å². The Bertz CT molecular complexity index is 1220. The van der Waals surface area contributed by atoms with Gasteiger partial charge in [-0.25, -0.2) is 14.5 Å². The molecule has 0 bridgehead atoms. The molecule has 0 aromatic heterocycles. The van der Waals surface area contributed by atoms with Crippen LogP contribution in [-0.4, -0.2) is 39.2 Å². The lowest BCUT2D eigenvalue weighted by molar-refractivity contribution is -0.131. The Labute approximate surface area is 179 Å². The summed E-state index contributed by atoms with van der Waals surface area (Å²) in [5.74, 6) is -4.57. The van der Waals surface area contributed by atoms with Gasteiger partial charge in [0.1, 0.15) is 16.7 Å². The van der Waals surface area contributed by atoms with E-state index < -0.39 is 40.8 Å². The highest BCUT2D eigenvalue weighted by Gasteiger charge is 2.58. The van der Waals surface area contributed by atoms with Crippen LogP contribution in [0.2, 0.25) is 0 Å². The van der Waals surface area contributed by atoms with Crippen LogP contribution in [0.3, 0.4) is 0 Å². The average molecular weight is 438 g/mol.